The van der Waals surface area contributed by atoms with Crippen LogP contribution in [0.1, 0.15) is 56.8 Å². The van der Waals surface area contributed by atoms with Crippen LogP contribution < -0.4 is 15.1 Å². The summed E-state index contributed by atoms with van der Waals surface area (Å²) >= 11 is 0. The van der Waals surface area contributed by atoms with E-state index < -0.39 is 0 Å². The van der Waals surface area contributed by atoms with Gasteiger partial charge in [0.05, 0.1) is 42.5 Å². The molecule has 2 fully saturated rings. The van der Waals surface area contributed by atoms with Gasteiger partial charge in [0, 0.05) is 37.8 Å². The molecule has 9 nitrogen and oxygen atoms in total. The Morgan fingerprint density at radius 1 is 1.13 bits per heavy atom. The second-order valence-electron chi connectivity index (χ2n) is 10.6. The smallest absolute Gasteiger partial charge is 0.251 e. The van der Waals surface area contributed by atoms with Gasteiger partial charge in [-0.2, -0.15) is 9.97 Å². The van der Waals surface area contributed by atoms with Crippen molar-refractivity contribution in [3.63, 3.8) is 0 Å². The average Bonchev–Trinajstić information content (AvgIpc) is 2.99. The second-order valence-corrected chi connectivity index (χ2v) is 10.6. The summed E-state index contributed by atoms with van der Waals surface area (Å²) in [5.41, 5.74) is 2.70. The van der Waals surface area contributed by atoms with Gasteiger partial charge in [0.1, 0.15) is 5.82 Å². The number of fused-ring (bicyclic) bond motifs is 1. The van der Waals surface area contributed by atoms with Crippen molar-refractivity contribution < 1.29 is 14.3 Å². The van der Waals surface area contributed by atoms with Crippen LogP contribution in [0.15, 0.2) is 36.4 Å². The first kappa shape index (κ1) is 27.3. The van der Waals surface area contributed by atoms with Crippen LogP contribution in [0.2, 0.25) is 0 Å². The predicted octanol–water partition coefficient (Wildman–Crippen LogP) is 4.45. The van der Waals surface area contributed by atoms with E-state index in [1.807, 2.05) is 24.3 Å². The van der Waals surface area contributed by atoms with Crippen molar-refractivity contribution in [2.24, 2.45) is 0 Å². The van der Waals surface area contributed by atoms with Crippen LogP contribution in [0.25, 0.3) is 22.3 Å². The number of anilines is 2. The predicted molar refractivity (Wildman–Crippen MR) is 154 cm³/mol. The number of nitrogens with one attached hydrogen (secondary N) is 1. The van der Waals surface area contributed by atoms with E-state index in [1.54, 1.807) is 13.1 Å². The molecule has 0 spiro atoms. The van der Waals surface area contributed by atoms with Gasteiger partial charge in [-0.1, -0.05) is 38.8 Å². The summed E-state index contributed by atoms with van der Waals surface area (Å²) in [6.07, 6.45) is 4.26. The Bertz CT molecular complexity index is 1320. The van der Waals surface area contributed by atoms with E-state index in [4.69, 9.17) is 24.4 Å². The zero-order chi connectivity index (χ0) is 27.4. The number of pyridine rings is 1. The minimum atomic E-state index is -0.186. The van der Waals surface area contributed by atoms with E-state index in [2.05, 4.69) is 42.0 Å². The molecule has 5 rings (SSSR count). The largest absolute Gasteiger partial charge is 0.377 e. The van der Waals surface area contributed by atoms with E-state index in [0.717, 1.165) is 67.8 Å². The van der Waals surface area contributed by atoms with Crippen LogP contribution in [-0.4, -0.2) is 79.0 Å². The molecule has 1 unspecified atom stereocenters. The van der Waals surface area contributed by atoms with Crippen molar-refractivity contribution >= 4 is 28.7 Å². The number of carbonyl (C=O) groups excluding carboxylic acids is 1. The maximum absolute atomic E-state index is 12.2. The van der Waals surface area contributed by atoms with Gasteiger partial charge in [0.15, 0.2) is 5.65 Å². The van der Waals surface area contributed by atoms with E-state index in [1.165, 1.54) is 0 Å². The van der Waals surface area contributed by atoms with Crippen molar-refractivity contribution in [3.8, 4) is 11.3 Å². The number of ether oxygens (including phenoxy) is 2. The molecule has 2 aliphatic heterocycles. The van der Waals surface area contributed by atoms with Gasteiger partial charge >= 0.3 is 0 Å². The highest BCUT2D eigenvalue weighted by molar-refractivity contribution is 5.95. The van der Waals surface area contributed by atoms with Gasteiger partial charge in [0.25, 0.3) is 5.91 Å². The van der Waals surface area contributed by atoms with Gasteiger partial charge in [-0.3, -0.25) is 4.79 Å². The highest BCUT2D eigenvalue weighted by Gasteiger charge is 2.36. The molecule has 3 aromatic rings. The first-order valence-electron chi connectivity index (χ1n) is 14.2. The molecule has 2 atom stereocenters. The molecule has 9 heteroatoms. The van der Waals surface area contributed by atoms with Crippen LogP contribution in [0.3, 0.4) is 0 Å². The molecular weight excluding hydrogens is 492 g/mol. The highest BCUT2D eigenvalue weighted by Crippen LogP contribution is 2.33. The lowest BCUT2D eigenvalue weighted by molar-refractivity contribution is -0.0652. The van der Waals surface area contributed by atoms with Crippen LogP contribution in [0, 0.1) is 0 Å². The summed E-state index contributed by atoms with van der Waals surface area (Å²) in [5, 5.41) is 3.61. The number of morpholine rings is 2. The van der Waals surface area contributed by atoms with Crippen molar-refractivity contribution in [2.45, 2.75) is 58.1 Å². The van der Waals surface area contributed by atoms with Gasteiger partial charge < -0.3 is 24.6 Å². The Labute approximate surface area is 230 Å². The Kier molecular flexibility index (Phi) is 8.28. The van der Waals surface area contributed by atoms with E-state index >= 15 is 0 Å². The number of nitrogens with zero attached hydrogens (tertiary/aromatic N) is 5. The summed E-state index contributed by atoms with van der Waals surface area (Å²) in [6, 6.07) is 11.8. The van der Waals surface area contributed by atoms with Gasteiger partial charge in [-0.05, 0) is 44.0 Å². The summed E-state index contributed by atoms with van der Waals surface area (Å²) < 4.78 is 12.1. The molecule has 39 heavy (non-hydrogen) atoms. The third-order valence-corrected chi connectivity index (χ3v) is 7.98. The molecule has 1 N–H and O–H groups in total. The fourth-order valence-corrected chi connectivity index (χ4v) is 5.57. The number of benzene rings is 1. The quantitative estimate of drug-likeness (QED) is 0.455. The van der Waals surface area contributed by atoms with Crippen LogP contribution >= 0.6 is 0 Å². The molecule has 2 aromatic heterocycles. The van der Waals surface area contributed by atoms with Crippen molar-refractivity contribution in [2.75, 3.05) is 56.3 Å². The summed E-state index contributed by atoms with van der Waals surface area (Å²) in [7, 11) is 1.64. The minimum Gasteiger partial charge on any atom is -0.377 e. The topological polar surface area (TPSA) is 92.7 Å². The Balaban J connectivity index is 1.59. The summed E-state index contributed by atoms with van der Waals surface area (Å²) in [5.74, 6) is 1.46. The molecule has 2 saturated heterocycles. The zero-order valence-electron chi connectivity index (χ0n) is 23.6. The monoisotopic (exact) mass is 532 g/mol. The van der Waals surface area contributed by atoms with Crippen molar-refractivity contribution in [3.05, 3.63) is 42.0 Å². The lowest BCUT2D eigenvalue weighted by atomic mass is 9.91. The lowest BCUT2D eigenvalue weighted by Crippen LogP contribution is -2.52. The molecule has 208 valence electrons. The van der Waals surface area contributed by atoms with Crippen LogP contribution in [0.4, 0.5) is 11.8 Å². The SMILES string of the molecule is CCCCC1(CC)CN(c2nc(N3CCOC[C@@H]3C)c3ccc(-c4cccc(C(=O)NC)c4)nc3n2)CCO1. The van der Waals surface area contributed by atoms with Crippen molar-refractivity contribution in [1.82, 2.24) is 20.3 Å². The first-order chi connectivity index (χ1) is 19.0. The fourth-order valence-electron chi connectivity index (χ4n) is 5.57. The minimum absolute atomic E-state index is 0.124. The highest BCUT2D eigenvalue weighted by atomic mass is 16.5. The maximum atomic E-state index is 12.2. The molecular formula is C30H40N6O3. The van der Waals surface area contributed by atoms with E-state index in [0.29, 0.717) is 37.0 Å². The van der Waals surface area contributed by atoms with Gasteiger partial charge in [-0.25, -0.2) is 4.98 Å². The molecule has 0 saturated carbocycles. The maximum Gasteiger partial charge on any atom is 0.251 e. The average molecular weight is 533 g/mol. The van der Waals surface area contributed by atoms with E-state index in [9.17, 15) is 4.79 Å². The Morgan fingerprint density at radius 2 is 2.00 bits per heavy atom. The zero-order valence-corrected chi connectivity index (χ0v) is 23.6. The number of hydrogen-bond acceptors (Lipinski definition) is 8. The van der Waals surface area contributed by atoms with E-state index in [-0.39, 0.29) is 17.6 Å². The molecule has 1 aromatic carbocycles. The number of hydrogen-bond donors (Lipinski definition) is 1. The second kappa shape index (κ2) is 11.8. The summed E-state index contributed by atoms with van der Waals surface area (Å²) in [6.45, 7) is 10.8. The number of carbonyl (C=O) groups is 1. The normalized spacial score (nSPS) is 21.8. The molecule has 2 aliphatic rings. The van der Waals surface area contributed by atoms with Gasteiger partial charge in [-0.15, -0.1) is 0 Å². The van der Waals surface area contributed by atoms with Crippen molar-refractivity contribution in [1.29, 1.82) is 0 Å². The van der Waals surface area contributed by atoms with Gasteiger partial charge in [0.2, 0.25) is 5.95 Å². The third-order valence-electron chi connectivity index (χ3n) is 7.98. The fraction of sp³-hybridized carbons (Fsp3) is 0.533. The summed E-state index contributed by atoms with van der Waals surface area (Å²) in [4.78, 5) is 32.0. The number of aromatic nitrogens is 3. The standard InChI is InChI=1S/C30H40N6O3/c1-5-7-13-30(6-2)20-35(14-17-39-30)29-33-26-24(27(34-29)36-15-16-38-19-21(36)3)11-12-25(32-26)22-9-8-10-23(18-22)28(37)31-4/h8-12,18,21H,5-7,13-17,19-20H2,1-4H3,(H,31,37)/t21-,30?/m0/s1. The molecule has 1 amide bonds. The number of rotatable bonds is 8. The Morgan fingerprint density at radius 3 is 2.77 bits per heavy atom. The molecule has 0 aliphatic carbocycles. The van der Waals surface area contributed by atoms with Crippen LogP contribution in [-0.2, 0) is 9.47 Å². The molecule has 0 radical (unpaired) electrons. The molecule has 4 heterocycles. The molecule has 0 bridgehead atoms. The Hall–Kier alpha value is -3.30. The third kappa shape index (κ3) is 5.70. The van der Waals surface area contributed by atoms with Crippen LogP contribution in [0.5, 0.6) is 0 Å². The first-order valence-corrected chi connectivity index (χ1v) is 14.2. The lowest BCUT2D eigenvalue weighted by Gasteiger charge is -2.43. The number of unbranched alkanes of at least 4 members (excludes halogenated alkanes) is 1. The number of amides is 1.